The van der Waals surface area contributed by atoms with Gasteiger partial charge in [-0.25, -0.2) is 4.98 Å². The van der Waals surface area contributed by atoms with Crippen molar-refractivity contribution < 1.29 is 14.4 Å². The number of hydrogen-bond donors (Lipinski definition) is 1. The van der Waals surface area contributed by atoms with Crippen LogP contribution in [0.4, 0.5) is 0 Å². The number of carbonyl (C=O) groups is 3. The van der Waals surface area contributed by atoms with E-state index in [2.05, 4.69) is 35.9 Å². The van der Waals surface area contributed by atoms with Gasteiger partial charge >= 0.3 is 0 Å². The summed E-state index contributed by atoms with van der Waals surface area (Å²) in [5.74, 6) is 0.107. The van der Waals surface area contributed by atoms with Gasteiger partial charge in [-0.2, -0.15) is 0 Å². The highest BCUT2D eigenvalue weighted by molar-refractivity contribution is 7.13. The van der Waals surface area contributed by atoms with Gasteiger partial charge in [0, 0.05) is 31.2 Å². The number of rotatable bonds is 9. The van der Waals surface area contributed by atoms with Gasteiger partial charge in [0.15, 0.2) is 0 Å². The SMILES string of the molecule is C=CC1=C(/C=C\C)C(=O)N(C(C(=O)N2CCCC2C)C(C)C)C1.Cc1ncsc1-c1ccc(CNC=O)cc1. The van der Waals surface area contributed by atoms with E-state index in [1.165, 1.54) is 10.4 Å². The van der Waals surface area contributed by atoms with Crippen molar-refractivity contribution in [3.05, 3.63) is 77.0 Å². The standard InChI is InChI=1S/C19H28N2O2.C12H12N2OS/c1-6-9-16-15(7-2)12-21(18(16)22)17(13(3)4)19(23)20-11-8-10-14(20)5;1-9-12(16-8-14-9)11-4-2-10(3-5-11)6-13-7-15/h6-7,9,13-14,17H,2,8,10-12H2,1,3-5H3;2-5,7-8H,6H2,1H3,(H,13,15)/b9-6-;. The summed E-state index contributed by atoms with van der Waals surface area (Å²) in [7, 11) is 0. The van der Waals surface area contributed by atoms with E-state index in [1.807, 2.05) is 62.4 Å². The second-order valence-corrected chi connectivity index (χ2v) is 11.1. The fraction of sp³-hybridized carbons (Fsp3) is 0.419. The number of aryl methyl sites for hydroxylation is 1. The van der Waals surface area contributed by atoms with E-state index in [0.29, 0.717) is 25.1 Å². The summed E-state index contributed by atoms with van der Waals surface area (Å²) in [6, 6.07) is 8.02. The number of nitrogens with zero attached hydrogens (tertiary/aromatic N) is 3. The highest BCUT2D eigenvalue weighted by atomic mass is 32.1. The molecular formula is C31H40N4O3S. The predicted octanol–water partition coefficient (Wildman–Crippen LogP) is 5.29. The van der Waals surface area contributed by atoms with E-state index >= 15 is 0 Å². The van der Waals surface area contributed by atoms with Gasteiger partial charge in [-0.1, -0.05) is 62.9 Å². The maximum absolute atomic E-state index is 13.1. The van der Waals surface area contributed by atoms with Crippen LogP contribution in [-0.2, 0) is 20.9 Å². The second-order valence-electron chi connectivity index (χ2n) is 10.3. The number of aromatic nitrogens is 1. The summed E-state index contributed by atoms with van der Waals surface area (Å²) in [6.45, 7) is 15.7. The summed E-state index contributed by atoms with van der Waals surface area (Å²) in [5.41, 5.74) is 6.75. The van der Waals surface area contributed by atoms with Crippen molar-refractivity contribution in [2.45, 2.75) is 66.1 Å². The Kier molecular flexibility index (Phi) is 10.8. The van der Waals surface area contributed by atoms with Crippen molar-refractivity contribution in [1.82, 2.24) is 20.1 Å². The summed E-state index contributed by atoms with van der Waals surface area (Å²) in [6.07, 6.45) is 8.21. The lowest BCUT2D eigenvalue weighted by Gasteiger charge is -2.35. The van der Waals surface area contributed by atoms with Gasteiger partial charge in [0.1, 0.15) is 6.04 Å². The van der Waals surface area contributed by atoms with Crippen LogP contribution in [0, 0.1) is 12.8 Å². The topological polar surface area (TPSA) is 82.6 Å². The molecule has 0 saturated carbocycles. The smallest absolute Gasteiger partial charge is 0.255 e. The largest absolute Gasteiger partial charge is 0.355 e. The van der Waals surface area contributed by atoms with E-state index in [1.54, 1.807) is 22.3 Å². The Hall–Kier alpha value is -3.52. The summed E-state index contributed by atoms with van der Waals surface area (Å²) < 4.78 is 0. The Morgan fingerprint density at radius 3 is 2.51 bits per heavy atom. The Morgan fingerprint density at radius 2 is 2.00 bits per heavy atom. The molecule has 2 aromatic rings. The third-order valence-corrected chi connectivity index (χ3v) is 8.14. The molecule has 0 aliphatic carbocycles. The van der Waals surface area contributed by atoms with Crippen molar-refractivity contribution in [3.8, 4) is 10.4 Å². The second kappa shape index (κ2) is 14.0. The molecule has 2 aliphatic heterocycles. The number of carbonyl (C=O) groups excluding carboxylic acids is 3. The fourth-order valence-electron chi connectivity index (χ4n) is 5.10. The van der Waals surface area contributed by atoms with E-state index in [-0.39, 0.29) is 23.8 Å². The van der Waals surface area contributed by atoms with Gasteiger partial charge in [-0.15, -0.1) is 11.3 Å². The predicted molar refractivity (Wildman–Crippen MR) is 158 cm³/mol. The molecule has 1 aromatic carbocycles. The molecule has 2 aliphatic rings. The van der Waals surface area contributed by atoms with Crippen LogP contribution in [0.25, 0.3) is 10.4 Å². The molecule has 0 radical (unpaired) electrons. The van der Waals surface area contributed by atoms with Crippen LogP contribution < -0.4 is 5.32 Å². The Balaban J connectivity index is 0.000000230. The van der Waals surface area contributed by atoms with Gasteiger partial charge in [0.25, 0.3) is 5.91 Å². The molecular weight excluding hydrogens is 508 g/mol. The number of benzene rings is 1. The Bertz CT molecular complexity index is 1230. The number of nitrogens with one attached hydrogen (secondary N) is 1. The van der Waals surface area contributed by atoms with Crippen LogP contribution in [0.1, 0.15) is 51.8 Å². The van der Waals surface area contributed by atoms with Crippen molar-refractivity contribution in [2.24, 2.45) is 5.92 Å². The summed E-state index contributed by atoms with van der Waals surface area (Å²) in [5, 5.41) is 2.64. The first kappa shape index (κ1) is 30.0. The van der Waals surface area contributed by atoms with Gasteiger partial charge < -0.3 is 15.1 Å². The van der Waals surface area contributed by atoms with Crippen molar-refractivity contribution >= 4 is 29.6 Å². The van der Waals surface area contributed by atoms with Crippen LogP contribution in [0.15, 0.2) is 65.7 Å². The van der Waals surface area contributed by atoms with Gasteiger partial charge in [-0.05, 0) is 56.2 Å². The molecule has 1 aromatic heterocycles. The zero-order chi connectivity index (χ0) is 28.5. The van der Waals surface area contributed by atoms with E-state index in [0.717, 1.165) is 36.2 Å². The highest BCUT2D eigenvalue weighted by Crippen LogP contribution is 2.29. The molecule has 0 bridgehead atoms. The van der Waals surface area contributed by atoms with E-state index in [4.69, 9.17) is 0 Å². The lowest BCUT2D eigenvalue weighted by molar-refractivity contribution is -0.145. The zero-order valence-electron chi connectivity index (χ0n) is 23.6. The molecule has 1 fully saturated rings. The number of hydrogen-bond acceptors (Lipinski definition) is 5. The van der Waals surface area contributed by atoms with Crippen LogP contribution >= 0.6 is 11.3 Å². The maximum Gasteiger partial charge on any atom is 0.255 e. The monoisotopic (exact) mass is 548 g/mol. The summed E-state index contributed by atoms with van der Waals surface area (Å²) >= 11 is 1.64. The average Bonchev–Trinajstić information content (AvgIpc) is 3.63. The Morgan fingerprint density at radius 1 is 1.28 bits per heavy atom. The minimum absolute atomic E-state index is 0.0584. The minimum Gasteiger partial charge on any atom is -0.355 e. The molecule has 7 nitrogen and oxygen atoms in total. The third kappa shape index (κ3) is 7.12. The molecule has 0 spiro atoms. The third-order valence-electron chi connectivity index (χ3n) is 7.17. The van der Waals surface area contributed by atoms with Crippen molar-refractivity contribution in [3.63, 3.8) is 0 Å². The van der Waals surface area contributed by atoms with Crippen molar-refractivity contribution in [2.75, 3.05) is 13.1 Å². The number of allylic oxidation sites excluding steroid dienone is 1. The highest BCUT2D eigenvalue weighted by Gasteiger charge is 2.41. The Labute approximate surface area is 236 Å². The molecule has 2 unspecified atom stereocenters. The number of amides is 3. The fourth-order valence-corrected chi connectivity index (χ4v) is 5.91. The van der Waals surface area contributed by atoms with Crippen molar-refractivity contribution in [1.29, 1.82) is 0 Å². The quantitative estimate of drug-likeness (QED) is 0.432. The zero-order valence-corrected chi connectivity index (χ0v) is 24.5. The van der Waals surface area contributed by atoms with Gasteiger partial charge in [0.05, 0.1) is 16.1 Å². The van der Waals surface area contributed by atoms with Crippen LogP contribution in [0.2, 0.25) is 0 Å². The first-order valence-electron chi connectivity index (χ1n) is 13.5. The normalized spacial score (nSPS) is 18.0. The summed E-state index contributed by atoms with van der Waals surface area (Å²) in [4.78, 5) is 45.1. The molecule has 208 valence electrons. The van der Waals surface area contributed by atoms with Gasteiger partial charge in [-0.3, -0.25) is 14.4 Å². The lowest BCUT2D eigenvalue weighted by atomic mass is 10.0. The molecule has 8 heteroatoms. The molecule has 1 saturated heterocycles. The molecule has 3 heterocycles. The molecule has 3 amide bonds. The lowest BCUT2D eigenvalue weighted by Crippen LogP contribution is -2.53. The van der Waals surface area contributed by atoms with E-state index in [9.17, 15) is 14.4 Å². The van der Waals surface area contributed by atoms with E-state index < -0.39 is 6.04 Å². The maximum atomic E-state index is 13.1. The molecule has 2 atom stereocenters. The minimum atomic E-state index is -0.402. The van der Waals surface area contributed by atoms with Crippen LogP contribution in [0.3, 0.4) is 0 Å². The van der Waals surface area contributed by atoms with Crippen LogP contribution in [0.5, 0.6) is 0 Å². The number of thiazole rings is 1. The first-order valence-corrected chi connectivity index (χ1v) is 14.4. The molecule has 4 rings (SSSR count). The van der Waals surface area contributed by atoms with Crippen LogP contribution in [-0.4, -0.2) is 58.2 Å². The molecule has 39 heavy (non-hydrogen) atoms. The number of likely N-dealkylation sites (tertiary alicyclic amines) is 1. The first-order chi connectivity index (χ1) is 18.7. The average molecular weight is 549 g/mol. The van der Waals surface area contributed by atoms with Gasteiger partial charge in [0.2, 0.25) is 12.3 Å². The molecule has 1 N–H and O–H groups in total.